The predicted octanol–water partition coefficient (Wildman–Crippen LogP) is 4.29. The lowest BCUT2D eigenvalue weighted by Crippen LogP contribution is -2.27. The molecule has 0 spiro atoms. The maximum Gasteiger partial charge on any atom is 0.161 e. The fourth-order valence-electron chi connectivity index (χ4n) is 3.45. The molecule has 0 aliphatic carbocycles. The molecule has 0 radical (unpaired) electrons. The van der Waals surface area contributed by atoms with Gasteiger partial charge in [-0.1, -0.05) is 37.2 Å². The molecule has 1 atom stereocenters. The number of hydrogen-bond acceptors (Lipinski definition) is 6. The number of benzene rings is 2. The zero-order chi connectivity index (χ0) is 20.6. The molecule has 6 nitrogen and oxygen atoms in total. The van der Waals surface area contributed by atoms with Crippen molar-refractivity contribution in [2.45, 2.75) is 26.4 Å². The van der Waals surface area contributed by atoms with E-state index in [1.54, 1.807) is 14.2 Å². The van der Waals surface area contributed by atoms with Crippen LogP contribution in [-0.4, -0.2) is 51.1 Å². The van der Waals surface area contributed by atoms with Gasteiger partial charge in [0.05, 0.1) is 19.9 Å². The summed E-state index contributed by atoms with van der Waals surface area (Å²) in [6.07, 6.45) is 0.451. The first-order valence-corrected chi connectivity index (χ1v) is 10.1. The number of nitrogens with zero attached hydrogens (tertiary/aromatic N) is 2. The number of para-hydroxylation sites is 1. The lowest BCUT2D eigenvalue weighted by molar-refractivity contribution is 0.112. The van der Waals surface area contributed by atoms with Crippen molar-refractivity contribution in [2.24, 2.45) is 5.16 Å². The Morgan fingerprint density at radius 3 is 2.52 bits per heavy atom. The molecular formula is C23H30N2O4. The SMILES string of the molecule is CCN(CC)CCO/N=C1\CC(c2ccc(OC)c(OC)c2)Oc2ccccc21. The first-order valence-electron chi connectivity index (χ1n) is 10.1. The molecule has 1 heterocycles. The summed E-state index contributed by atoms with van der Waals surface area (Å²) in [7, 11) is 3.26. The van der Waals surface area contributed by atoms with Crippen LogP contribution >= 0.6 is 0 Å². The summed E-state index contributed by atoms with van der Waals surface area (Å²) in [5.74, 6) is 2.19. The van der Waals surface area contributed by atoms with Crippen molar-refractivity contribution in [1.29, 1.82) is 0 Å². The predicted molar refractivity (Wildman–Crippen MR) is 114 cm³/mol. The third kappa shape index (κ3) is 5.01. The first kappa shape index (κ1) is 21.0. The van der Waals surface area contributed by atoms with E-state index >= 15 is 0 Å². The molecule has 3 rings (SSSR count). The van der Waals surface area contributed by atoms with E-state index in [1.807, 2.05) is 42.5 Å². The fraction of sp³-hybridized carbons (Fsp3) is 0.435. The Kier molecular flexibility index (Phi) is 7.36. The molecule has 0 amide bonds. The van der Waals surface area contributed by atoms with Crippen LogP contribution in [0.25, 0.3) is 0 Å². The van der Waals surface area contributed by atoms with Crippen molar-refractivity contribution in [2.75, 3.05) is 40.5 Å². The van der Waals surface area contributed by atoms with Gasteiger partial charge in [-0.3, -0.25) is 0 Å². The summed E-state index contributed by atoms with van der Waals surface area (Å²) in [6, 6.07) is 13.8. The van der Waals surface area contributed by atoms with Crippen LogP contribution in [0.2, 0.25) is 0 Å². The van der Waals surface area contributed by atoms with Gasteiger partial charge in [0, 0.05) is 18.5 Å². The highest BCUT2D eigenvalue weighted by atomic mass is 16.6. The zero-order valence-corrected chi connectivity index (χ0v) is 17.7. The van der Waals surface area contributed by atoms with Gasteiger partial charge in [0.1, 0.15) is 18.5 Å². The quantitative estimate of drug-likeness (QED) is 0.466. The Bertz CT molecular complexity index is 833. The van der Waals surface area contributed by atoms with Gasteiger partial charge >= 0.3 is 0 Å². The second kappa shape index (κ2) is 10.2. The molecule has 2 aromatic carbocycles. The average molecular weight is 399 g/mol. The van der Waals surface area contributed by atoms with E-state index in [9.17, 15) is 0 Å². The van der Waals surface area contributed by atoms with Crippen molar-refractivity contribution in [3.8, 4) is 17.2 Å². The minimum absolute atomic E-state index is 0.171. The highest BCUT2D eigenvalue weighted by molar-refractivity contribution is 6.03. The van der Waals surface area contributed by atoms with Crippen LogP contribution in [-0.2, 0) is 4.84 Å². The molecule has 0 saturated heterocycles. The minimum Gasteiger partial charge on any atom is -0.493 e. The maximum atomic E-state index is 6.26. The molecule has 1 aliphatic rings. The van der Waals surface area contributed by atoms with Crippen LogP contribution in [0.4, 0.5) is 0 Å². The lowest BCUT2D eigenvalue weighted by atomic mass is 9.95. The Morgan fingerprint density at radius 1 is 1.03 bits per heavy atom. The highest BCUT2D eigenvalue weighted by Crippen LogP contribution is 2.38. The second-order valence-corrected chi connectivity index (χ2v) is 6.82. The summed E-state index contributed by atoms with van der Waals surface area (Å²) in [5.41, 5.74) is 2.88. The number of methoxy groups -OCH3 is 2. The summed E-state index contributed by atoms with van der Waals surface area (Å²) in [4.78, 5) is 7.99. The molecule has 1 unspecified atom stereocenters. The maximum absolute atomic E-state index is 6.26. The van der Waals surface area contributed by atoms with Crippen molar-refractivity contribution >= 4 is 5.71 Å². The smallest absolute Gasteiger partial charge is 0.161 e. The second-order valence-electron chi connectivity index (χ2n) is 6.82. The third-order valence-corrected chi connectivity index (χ3v) is 5.19. The van der Waals surface area contributed by atoms with Gasteiger partial charge in [0.25, 0.3) is 0 Å². The fourth-order valence-corrected chi connectivity index (χ4v) is 3.45. The Labute approximate surface area is 173 Å². The van der Waals surface area contributed by atoms with Gasteiger partial charge in [-0.2, -0.15) is 0 Å². The van der Waals surface area contributed by atoms with E-state index in [0.717, 1.165) is 42.2 Å². The first-order chi connectivity index (χ1) is 14.2. The number of likely N-dealkylation sites (N-methyl/N-ethyl adjacent to an activating group) is 1. The molecule has 6 heteroatoms. The third-order valence-electron chi connectivity index (χ3n) is 5.19. The van der Waals surface area contributed by atoms with Gasteiger partial charge in [-0.25, -0.2) is 0 Å². The molecule has 0 fully saturated rings. The van der Waals surface area contributed by atoms with Crippen LogP contribution in [0.1, 0.15) is 37.5 Å². The molecule has 0 bridgehead atoms. The normalized spacial score (nSPS) is 17.0. The Balaban J connectivity index is 1.80. The summed E-state index contributed by atoms with van der Waals surface area (Å²) >= 11 is 0. The molecule has 0 saturated carbocycles. The number of fused-ring (bicyclic) bond motifs is 1. The highest BCUT2D eigenvalue weighted by Gasteiger charge is 2.27. The van der Waals surface area contributed by atoms with Gasteiger partial charge in [-0.05, 0) is 42.9 Å². The molecule has 0 aromatic heterocycles. The Hall–Kier alpha value is -2.73. The topological polar surface area (TPSA) is 52.5 Å². The van der Waals surface area contributed by atoms with E-state index in [-0.39, 0.29) is 6.10 Å². The number of hydrogen-bond donors (Lipinski definition) is 0. The molecule has 156 valence electrons. The molecular weight excluding hydrogens is 368 g/mol. The van der Waals surface area contributed by atoms with E-state index < -0.39 is 0 Å². The van der Waals surface area contributed by atoms with E-state index in [4.69, 9.17) is 19.0 Å². The van der Waals surface area contributed by atoms with Gasteiger partial charge < -0.3 is 23.9 Å². The molecule has 1 aliphatic heterocycles. The van der Waals surface area contributed by atoms with Crippen molar-refractivity contribution < 1.29 is 19.0 Å². The lowest BCUT2D eigenvalue weighted by Gasteiger charge is -2.27. The Morgan fingerprint density at radius 2 is 1.79 bits per heavy atom. The average Bonchev–Trinajstić information content (AvgIpc) is 2.78. The zero-order valence-electron chi connectivity index (χ0n) is 17.7. The van der Waals surface area contributed by atoms with Crippen LogP contribution in [0, 0.1) is 0 Å². The summed E-state index contributed by atoms with van der Waals surface area (Å²) < 4.78 is 17.1. The number of ether oxygens (including phenoxy) is 3. The van der Waals surface area contributed by atoms with Gasteiger partial charge in [-0.15, -0.1) is 0 Å². The summed E-state index contributed by atoms with van der Waals surface area (Å²) in [6.45, 7) is 7.74. The molecule has 29 heavy (non-hydrogen) atoms. The van der Waals surface area contributed by atoms with Crippen molar-refractivity contribution in [3.05, 3.63) is 53.6 Å². The van der Waals surface area contributed by atoms with Crippen LogP contribution in [0.3, 0.4) is 0 Å². The van der Waals surface area contributed by atoms with Crippen LogP contribution in [0.15, 0.2) is 47.6 Å². The van der Waals surface area contributed by atoms with E-state index in [1.165, 1.54) is 0 Å². The van der Waals surface area contributed by atoms with E-state index in [0.29, 0.717) is 24.5 Å². The van der Waals surface area contributed by atoms with Crippen LogP contribution < -0.4 is 14.2 Å². The summed E-state index contributed by atoms with van der Waals surface area (Å²) in [5, 5.41) is 4.47. The minimum atomic E-state index is -0.171. The van der Waals surface area contributed by atoms with Gasteiger partial charge in [0.2, 0.25) is 0 Å². The monoisotopic (exact) mass is 398 g/mol. The van der Waals surface area contributed by atoms with Crippen molar-refractivity contribution in [3.63, 3.8) is 0 Å². The largest absolute Gasteiger partial charge is 0.493 e. The van der Waals surface area contributed by atoms with Crippen molar-refractivity contribution in [1.82, 2.24) is 4.90 Å². The number of rotatable bonds is 9. The molecule has 0 N–H and O–H groups in total. The van der Waals surface area contributed by atoms with E-state index in [2.05, 4.69) is 23.9 Å². The number of oxime groups is 1. The van der Waals surface area contributed by atoms with Gasteiger partial charge in [0.15, 0.2) is 11.5 Å². The molecule has 2 aromatic rings. The standard InChI is InChI=1S/C23H30N2O4/c1-5-25(6-2)13-14-28-24-19-16-22(29-20-10-8-7-9-18(19)20)17-11-12-21(26-3)23(15-17)27-4/h7-12,15,22H,5-6,13-14,16H2,1-4H3/b24-19+. The van der Waals surface area contributed by atoms with Crippen LogP contribution in [0.5, 0.6) is 17.2 Å².